The van der Waals surface area contributed by atoms with Crippen LogP contribution in [0, 0.1) is 5.82 Å². The number of aromatic nitrogens is 4. The van der Waals surface area contributed by atoms with E-state index in [0.717, 1.165) is 17.0 Å². The van der Waals surface area contributed by atoms with Crippen LogP contribution in [-0.4, -0.2) is 53.9 Å². The van der Waals surface area contributed by atoms with Gasteiger partial charge in [0.2, 0.25) is 0 Å². The van der Waals surface area contributed by atoms with E-state index in [1.54, 1.807) is 26.7 Å². The summed E-state index contributed by atoms with van der Waals surface area (Å²) in [6.45, 7) is 3.79. The van der Waals surface area contributed by atoms with Gasteiger partial charge in [-0.25, -0.2) is 4.39 Å². The maximum absolute atomic E-state index is 13.8. The number of nitrogens with one attached hydrogen (secondary N) is 1. The largest absolute Gasteiger partial charge is 0.350 e. The highest BCUT2D eigenvalue weighted by Crippen LogP contribution is 2.31. The van der Waals surface area contributed by atoms with Gasteiger partial charge in [-0.1, -0.05) is 17.7 Å². The van der Waals surface area contributed by atoms with Crippen LogP contribution < -0.4 is 0 Å². The lowest BCUT2D eigenvalue weighted by molar-refractivity contribution is 0.0633. The number of hydrogen-bond donors (Lipinski definition) is 1. The second kappa shape index (κ2) is 8.20. The van der Waals surface area contributed by atoms with Gasteiger partial charge < -0.3 is 14.8 Å². The van der Waals surface area contributed by atoms with Crippen molar-refractivity contribution in [2.75, 3.05) is 6.54 Å². The summed E-state index contributed by atoms with van der Waals surface area (Å²) in [7, 11) is 0. The molecule has 0 fully saturated rings. The van der Waals surface area contributed by atoms with Crippen LogP contribution in [-0.2, 0) is 26.1 Å². The highest BCUT2D eigenvalue weighted by atomic mass is 35.5. The summed E-state index contributed by atoms with van der Waals surface area (Å²) >= 11 is 6.17. The lowest BCUT2D eigenvalue weighted by atomic mass is 9.98. The number of halogens is 2. The second-order valence-corrected chi connectivity index (χ2v) is 9.47. The molecule has 3 aromatic heterocycles. The van der Waals surface area contributed by atoms with E-state index in [0.29, 0.717) is 48.3 Å². The highest BCUT2D eigenvalue weighted by molar-refractivity contribution is 6.35. The lowest BCUT2D eigenvalue weighted by Gasteiger charge is -2.33. The summed E-state index contributed by atoms with van der Waals surface area (Å²) in [5, 5.41) is 5.54. The van der Waals surface area contributed by atoms with Gasteiger partial charge >= 0.3 is 0 Å². The molecule has 178 valence electrons. The van der Waals surface area contributed by atoms with Gasteiger partial charge in [0.05, 0.1) is 41.6 Å². The van der Waals surface area contributed by atoms with Crippen LogP contribution in [0.25, 0.3) is 10.9 Å². The minimum Gasteiger partial charge on any atom is -0.350 e. The molecule has 5 heterocycles. The lowest BCUT2D eigenvalue weighted by Crippen LogP contribution is -2.44. The number of carbonyl (C=O) groups excluding carboxylic acids is 2. The Balaban J connectivity index is 1.30. The fraction of sp³-hybridized carbons (Fsp3) is 0.280. The number of amides is 2. The highest BCUT2D eigenvalue weighted by Gasteiger charge is 2.37. The maximum atomic E-state index is 13.8. The van der Waals surface area contributed by atoms with E-state index < -0.39 is 5.82 Å². The zero-order valence-electron chi connectivity index (χ0n) is 19.0. The minimum atomic E-state index is -0.473. The maximum Gasteiger partial charge on any atom is 0.272 e. The first-order valence-electron chi connectivity index (χ1n) is 11.5. The van der Waals surface area contributed by atoms with E-state index in [1.165, 1.54) is 12.1 Å². The van der Waals surface area contributed by atoms with Crippen LogP contribution in [0.3, 0.4) is 0 Å². The Kier molecular flexibility index (Phi) is 5.10. The molecule has 8 nitrogen and oxygen atoms in total. The van der Waals surface area contributed by atoms with Crippen molar-refractivity contribution in [2.24, 2.45) is 0 Å². The van der Waals surface area contributed by atoms with Crippen molar-refractivity contribution in [1.29, 1.82) is 0 Å². The summed E-state index contributed by atoms with van der Waals surface area (Å²) in [4.78, 5) is 37.8. The van der Waals surface area contributed by atoms with Crippen molar-refractivity contribution < 1.29 is 14.0 Å². The van der Waals surface area contributed by atoms with Crippen molar-refractivity contribution >= 4 is 34.3 Å². The summed E-state index contributed by atoms with van der Waals surface area (Å²) < 4.78 is 15.5. The molecule has 1 atom stereocenters. The van der Waals surface area contributed by atoms with E-state index in [9.17, 15) is 14.0 Å². The topological polar surface area (TPSA) is 87.1 Å². The summed E-state index contributed by atoms with van der Waals surface area (Å²) in [6.07, 6.45) is 2.26. The molecule has 0 unspecified atom stereocenters. The molecular formula is C25H22ClFN6O2. The molecule has 2 aliphatic rings. The van der Waals surface area contributed by atoms with Crippen LogP contribution in [0.15, 0.2) is 42.6 Å². The van der Waals surface area contributed by atoms with Crippen LogP contribution in [0.4, 0.5) is 4.39 Å². The van der Waals surface area contributed by atoms with Crippen molar-refractivity contribution in [2.45, 2.75) is 39.0 Å². The standard InChI is InChI=1S/C25H22ClFN6O2/c1-14-8-21-18(13-32(14)24(34)22-11-17-19(26)9-15(27)10-20(17)29-22)23-25(35)31(6-7-33(23)30-21)12-16-4-2-3-5-28-16/h2-5,9-11,14,29H,6-8,12-13H2,1H3/t14-/m1/s1. The molecule has 0 radical (unpaired) electrons. The van der Waals surface area contributed by atoms with E-state index in [-0.39, 0.29) is 29.4 Å². The summed E-state index contributed by atoms with van der Waals surface area (Å²) in [5.74, 6) is -0.811. The number of carbonyl (C=O) groups is 2. The van der Waals surface area contributed by atoms with Gasteiger partial charge in [-0.15, -0.1) is 0 Å². The molecular weight excluding hydrogens is 471 g/mol. The number of rotatable bonds is 3. The molecule has 1 aromatic carbocycles. The number of fused-ring (bicyclic) bond motifs is 4. The van der Waals surface area contributed by atoms with Gasteiger partial charge in [-0.3, -0.25) is 19.3 Å². The second-order valence-electron chi connectivity index (χ2n) is 9.06. The molecule has 0 spiro atoms. The number of aromatic amines is 1. The van der Waals surface area contributed by atoms with Gasteiger partial charge in [0.25, 0.3) is 11.8 Å². The van der Waals surface area contributed by atoms with Crippen LogP contribution in [0.1, 0.15) is 44.9 Å². The molecule has 6 rings (SSSR count). The monoisotopic (exact) mass is 492 g/mol. The molecule has 1 N–H and O–H groups in total. The fourth-order valence-corrected chi connectivity index (χ4v) is 5.26. The van der Waals surface area contributed by atoms with Crippen LogP contribution in [0.2, 0.25) is 5.02 Å². The molecule has 4 aromatic rings. The number of H-pyrrole nitrogens is 1. The Bertz CT molecular complexity index is 1480. The van der Waals surface area contributed by atoms with E-state index in [4.69, 9.17) is 16.7 Å². The average Bonchev–Trinajstić information content (AvgIpc) is 3.42. The Labute approximate surface area is 205 Å². The quantitative estimate of drug-likeness (QED) is 0.471. The third-order valence-electron chi connectivity index (χ3n) is 6.78. The number of hydrogen-bond acceptors (Lipinski definition) is 4. The van der Waals surface area contributed by atoms with E-state index >= 15 is 0 Å². The zero-order valence-corrected chi connectivity index (χ0v) is 19.7. The van der Waals surface area contributed by atoms with Gasteiger partial charge in [0.1, 0.15) is 17.2 Å². The molecule has 0 aliphatic carbocycles. The Morgan fingerprint density at radius 2 is 2.11 bits per heavy atom. The Morgan fingerprint density at radius 1 is 1.26 bits per heavy atom. The molecule has 35 heavy (non-hydrogen) atoms. The number of pyridine rings is 1. The SMILES string of the molecule is C[C@@H]1Cc2nn3c(c2CN1C(=O)c1cc2c(Cl)cc(F)cc2[nH]1)C(=O)N(Cc1ccccn1)CC3. The molecule has 0 bridgehead atoms. The fourth-order valence-electron chi connectivity index (χ4n) is 5.00. The van der Waals surface area contributed by atoms with Crippen molar-refractivity contribution in [3.05, 3.63) is 81.8 Å². The average molecular weight is 493 g/mol. The molecule has 0 saturated heterocycles. The molecule has 2 aliphatic heterocycles. The molecule has 10 heteroatoms. The first-order valence-corrected chi connectivity index (χ1v) is 11.8. The third-order valence-corrected chi connectivity index (χ3v) is 7.09. The molecule has 0 saturated carbocycles. The van der Waals surface area contributed by atoms with E-state index in [1.807, 2.05) is 25.1 Å². The van der Waals surface area contributed by atoms with Gasteiger partial charge in [-0.05, 0) is 37.3 Å². The minimum absolute atomic E-state index is 0.106. The van der Waals surface area contributed by atoms with Crippen LogP contribution in [0.5, 0.6) is 0 Å². The molecule has 2 amide bonds. The van der Waals surface area contributed by atoms with Gasteiger partial charge in [0, 0.05) is 36.2 Å². The first-order chi connectivity index (χ1) is 16.9. The van der Waals surface area contributed by atoms with Crippen molar-refractivity contribution in [3.8, 4) is 0 Å². The zero-order chi connectivity index (χ0) is 24.3. The van der Waals surface area contributed by atoms with Gasteiger partial charge in [0.15, 0.2) is 0 Å². The van der Waals surface area contributed by atoms with Crippen molar-refractivity contribution in [3.63, 3.8) is 0 Å². The normalized spacial score (nSPS) is 17.6. The number of benzene rings is 1. The van der Waals surface area contributed by atoms with Crippen LogP contribution >= 0.6 is 11.6 Å². The summed E-state index contributed by atoms with van der Waals surface area (Å²) in [5.41, 5.74) is 3.79. The Morgan fingerprint density at radius 3 is 2.91 bits per heavy atom. The predicted molar refractivity (Wildman–Crippen MR) is 128 cm³/mol. The number of nitrogens with zero attached hydrogens (tertiary/aromatic N) is 5. The Hall–Kier alpha value is -3.72. The third kappa shape index (κ3) is 3.67. The predicted octanol–water partition coefficient (Wildman–Crippen LogP) is 3.79. The van der Waals surface area contributed by atoms with Crippen molar-refractivity contribution in [1.82, 2.24) is 29.5 Å². The smallest absolute Gasteiger partial charge is 0.272 e. The van der Waals surface area contributed by atoms with E-state index in [2.05, 4.69) is 9.97 Å². The summed E-state index contributed by atoms with van der Waals surface area (Å²) in [6, 6.07) is 9.72. The van der Waals surface area contributed by atoms with Gasteiger partial charge in [-0.2, -0.15) is 5.10 Å². The first kappa shape index (κ1) is 21.8.